The van der Waals surface area contributed by atoms with E-state index < -0.39 is 0 Å². The van der Waals surface area contributed by atoms with E-state index in [9.17, 15) is 4.79 Å². The molecule has 0 aliphatic carbocycles. The Labute approximate surface area is 122 Å². The molecule has 0 fully saturated rings. The maximum Gasteiger partial charge on any atom is 0.254 e. The number of nitrogens with one attached hydrogen (secondary N) is 1. The summed E-state index contributed by atoms with van der Waals surface area (Å²) in [7, 11) is 0. The maximum atomic E-state index is 12.2. The van der Waals surface area contributed by atoms with Gasteiger partial charge in [0.05, 0.1) is 5.69 Å². The normalized spacial score (nSPS) is 11.2. The number of hydrogen-bond donors (Lipinski definition) is 1. The van der Waals surface area contributed by atoms with Crippen molar-refractivity contribution in [1.29, 1.82) is 0 Å². The standard InChI is InChI=1S/C17H17N3O/c1-10(2)16-19-15(11(3)17(21)20-16)14-9-18-8-12-6-4-5-7-13(12)14/h4-10H,1-3H3,(H,19,20,21). The summed E-state index contributed by atoms with van der Waals surface area (Å²) in [5, 5.41) is 2.10. The van der Waals surface area contributed by atoms with Crippen LogP contribution in [0.4, 0.5) is 0 Å². The predicted molar refractivity (Wildman–Crippen MR) is 84.4 cm³/mol. The number of aromatic nitrogens is 3. The van der Waals surface area contributed by atoms with Gasteiger partial charge >= 0.3 is 0 Å². The fourth-order valence-corrected chi connectivity index (χ4v) is 2.39. The minimum Gasteiger partial charge on any atom is -0.310 e. The molecule has 1 aromatic carbocycles. The zero-order valence-electron chi connectivity index (χ0n) is 12.3. The van der Waals surface area contributed by atoms with E-state index in [1.807, 2.05) is 44.3 Å². The number of hydrogen-bond acceptors (Lipinski definition) is 3. The fourth-order valence-electron chi connectivity index (χ4n) is 2.39. The number of benzene rings is 1. The molecule has 106 valence electrons. The third kappa shape index (κ3) is 2.33. The molecule has 0 spiro atoms. The molecular formula is C17H17N3O. The first kappa shape index (κ1) is 13.5. The Morgan fingerprint density at radius 3 is 2.67 bits per heavy atom. The molecule has 3 rings (SSSR count). The molecule has 2 heterocycles. The van der Waals surface area contributed by atoms with Crippen molar-refractivity contribution in [3.8, 4) is 11.3 Å². The lowest BCUT2D eigenvalue weighted by Crippen LogP contribution is -2.17. The topological polar surface area (TPSA) is 58.6 Å². The van der Waals surface area contributed by atoms with Gasteiger partial charge in [0.15, 0.2) is 0 Å². The molecule has 0 aliphatic rings. The smallest absolute Gasteiger partial charge is 0.254 e. The lowest BCUT2D eigenvalue weighted by Gasteiger charge is -2.11. The summed E-state index contributed by atoms with van der Waals surface area (Å²) in [6.07, 6.45) is 3.60. The van der Waals surface area contributed by atoms with Crippen LogP contribution in [-0.2, 0) is 0 Å². The first-order valence-electron chi connectivity index (χ1n) is 7.02. The zero-order valence-corrected chi connectivity index (χ0v) is 12.3. The molecule has 1 N–H and O–H groups in total. The molecule has 4 nitrogen and oxygen atoms in total. The second-order valence-corrected chi connectivity index (χ2v) is 5.49. The highest BCUT2D eigenvalue weighted by molar-refractivity contribution is 5.95. The van der Waals surface area contributed by atoms with Gasteiger partial charge in [-0.05, 0) is 12.3 Å². The van der Waals surface area contributed by atoms with Crippen LogP contribution in [0, 0.1) is 6.92 Å². The number of rotatable bonds is 2. The second kappa shape index (κ2) is 5.13. The van der Waals surface area contributed by atoms with Gasteiger partial charge in [-0.25, -0.2) is 4.98 Å². The van der Waals surface area contributed by atoms with Crippen LogP contribution < -0.4 is 5.56 Å². The van der Waals surface area contributed by atoms with Crippen molar-refractivity contribution in [1.82, 2.24) is 15.0 Å². The van der Waals surface area contributed by atoms with E-state index in [2.05, 4.69) is 15.0 Å². The summed E-state index contributed by atoms with van der Waals surface area (Å²) in [5.74, 6) is 0.869. The minimum absolute atomic E-state index is 0.0864. The van der Waals surface area contributed by atoms with Crippen LogP contribution in [0.3, 0.4) is 0 Å². The van der Waals surface area contributed by atoms with Gasteiger partial charge in [0.1, 0.15) is 5.82 Å². The van der Waals surface area contributed by atoms with Crippen molar-refractivity contribution >= 4 is 10.8 Å². The van der Waals surface area contributed by atoms with E-state index in [4.69, 9.17) is 0 Å². The van der Waals surface area contributed by atoms with Crippen LogP contribution in [0.1, 0.15) is 31.2 Å². The van der Waals surface area contributed by atoms with E-state index in [1.165, 1.54) is 0 Å². The van der Waals surface area contributed by atoms with Crippen molar-refractivity contribution < 1.29 is 0 Å². The van der Waals surface area contributed by atoms with Crippen LogP contribution >= 0.6 is 0 Å². The van der Waals surface area contributed by atoms with Crippen molar-refractivity contribution in [3.05, 3.63) is 58.4 Å². The van der Waals surface area contributed by atoms with E-state index in [-0.39, 0.29) is 11.5 Å². The number of pyridine rings is 1. The lowest BCUT2D eigenvalue weighted by atomic mass is 10.0. The van der Waals surface area contributed by atoms with Crippen molar-refractivity contribution in [2.45, 2.75) is 26.7 Å². The molecule has 21 heavy (non-hydrogen) atoms. The highest BCUT2D eigenvalue weighted by Crippen LogP contribution is 2.27. The number of aromatic amines is 1. The highest BCUT2D eigenvalue weighted by atomic mass is 16.1. The number of H-pyrrole nitrogens is 1. The van der Waals surface area contributed by atoms with E-state index in [0.717, 1.165) is 16.3 Å². The fraction of sp³-hybridized carbons (Fsp3) is 0.235. The summed E-state index contributed by atoms with van der Waals surface area (Å²) in [5.41, 5.74) is 2.15. The van der Waals surface area contributed by atoms with Gasteiger partial charge in [0.2, 0.25) is 0 Å². The first-order valence-corrected chi connectivity index (χ1v) is 7.02. The van der Waals surface area contributed by atoms with Crippen LogP contribution in [0.5, 0.6) is 0 Å². The van der Waals surface area contributed by atoms with Crippen LogP contribution in [0.25, 0.3) is 22.0 Å². The van der Waals surface area contributed by atoms with Gasteiger partial charge in [0, 0.05) is 34.8 Å². The molecule has 4 heteroatoms. The Hall–Kier alpha value is -2.49. The molecule has 0 unspecified atom stereocenters. The molecule has 2 aromatic heterocycles. The Balaban J connectivity index is 2.35. The largest absolute Gasteiger partial charge is 0.310 e. The molecule has 0 saturated heterocycles. The van der Waals surface area contributed by atoms with Gasteiger partial charge in [-0.1, -0.05) is 38.1 Å². The Morgan fingerprint density at radius 1 is 1.14 bits per heavy atom. The molecule has 0 amide bonds. The van der Waals surface area contributed by atoms with E-state index in [0.29, 0.717) is 17.1 Å². The molecule has 0 radical (unpaired) electrons. The lowest BCUT2D eigenvalue weighted by molar-refractivity contribution is 0.765. The molecule has 0 bridgehead atoms. The van der Waals surface area contributed by atoms with Crippen LogP contribution in [0.2, 0.25) is 0 Å². The molecular weight excluding hydrogens is 262 g/mol. The van der Waals surface area contributed by atoms with Gasteiger partial charge in [-0.2, -0.15) is 0 Å². The monoisotopic (exact) mass is 279 g/mol. The Morgan fingerprint density at radius 2 is 1.90 bits per heavy atom. The molecule has 0 aliphatic heterocycles. The highest BCUT2D eigenvalue weighted by Gasteiger charge is 2.14. The predicted octanol–water partition coefficient (Wildman–Crippen LogP) is 3.42. The third-order valence-electron chi connectivity index (χ3n) is 3.64. The van der Waals surface area contributed by atoms with Gasteiger partial charge in [-0.3, -0.25) is 9.78 Å². The Kier molecular flexibility index (Phi) is 3.29. The van der Waals surface area contributed by atoms with Gasteiger partial charge in [-0.15, -0.1) is 0 Å². The third-order valence-corrected chi connectivity index (χ3v) is 3.64. The maximum absolute atomic E-state index is 12.2. The first-order chi connectivity index (χ1) is 10.1. The minimum atomic E-state index is -0.0864. The van der Waals surface area contributed by atoms with E-state index >= 15 is 0 Å². The summed E-state index contributed by atoms with van der Waals surface area (Å²) >= 11 is 0. The summed E-state index contributed by atoms with van der Waals surface area (Å²) < 4.78 is 0. The summed E-state index contributed by atoms with van der Waals surface area (Å²) in [6, 6.07) is 8.00. The van der Waals surface area contributed by atoms with Gasteiger partial charge < -0.3 is 4.98 Å². The quantitative estimate of drug-likeness (QED) is 0.782. The molecule has 0 saturated carbocycles. The van der Waals surface area contributed by atoms with Gasteiger partial charge in [0.25, 0.3) is 5.56 Å². The molecule has 3 aromatic rings. The average molecular weight is 279 g/mol. The number of nitrogens with zero attached hydrogens (tertiary/aromatic N) is 2. The van der Waals surface area contributed by atoms with Crippen molar-refractivity contribution in [2.75, 3.05) is 0 Å². The van der Waals surface area contributed by atoms with E-state index in [1.54, 1.807) is 13.1 Å². The summed E-state index contributed by atoms with van der Waals surface area (Å²) in [6.45, 7) is 5.82. The molecule has 0 atom stereocenters. The number of fused-ring (bicyclic) bond motifs is 1. The van der Waals surface area contributed by atoms with Crippen LogP contribution in [-0.4, -0.2) is 15.0 Å². The second-order valence-electron chi connectivity index (χ2n) is 5.49. The van der Waals surface area contributed by atoms with Crippen molar-refractivity contribution in [2.24, 2.45) is 0 Å². The van der Waals surface area contributed by atoms with Crippen molar-refractivity contribution in [3.63, 3.8) is 0 Å². The van der Waals surface area contributed by atoms with Crippen LogP contribution in [0.15, 0.2) is 41.5 Å². The summed E-state index contributed by atoms with van der Waals surface area (Å²) in [4.78, 5) is 23.9. The SMILES string of the molecule is Cc1c(-c2cncc3ccccc23)nc(C(C)C)[nH]c1=O. The average Bonchev–Trinajstić information content (AvgIpc) is 2.49. The zero-order chi connectivity index (χ0) is 15.0. The Bertz CT molecular complexity index is 860.